The lowest BCUT2D eigenvalue weighted by molar-refractivity contribution is -0.384. The minimum atomic E-state index is -0.442. The van der Waals surface area contributed by atoms with E-state index in [1.165, 1.54) is 23.9 Å². The van der Waals surface area contributed by atoms with Gasteiger partial charge in [-0.25, -0.2) is 0 Å². The molecule has 10 heteroatoms. The monoisotopic (exact) mass is 584 g/mol. The Morgan fingerprint density at radius 2 is 1.81 bits per heavy atom. The number of thiocarbonyl (C=S) groups is 1. The maximum Gasteiger partial charge on any atom is 0.269 e. The summed E-state index contributed by atoms with van der Waals surface area (Å²) >= 11 is 10.3. The van der Waals surface area contributed by atoms with Gasteiger partial charge in [0.25, 0.3) is 11.6 Å². The summed E-state index contributed by atoms with van der Waals surface area (Å²) in [6.07, 6.45) is 1.79. The summed E-state index contributed by atoms with van der Waals surface area (Å²) in [6.45, 7) is 2.92. The molecule has 1 aliphatic rings. The summed E-state index contributed by atoms with van der Waals surface area (Å²) in [6, 6.07) is 19.5. The minimum Gasteiger partial charge on any atom is -0.490 e. The molecule has 0 spiro atoms. The summed E-state index contributed by atoms with van der Waals surface area (Å²) in [5.41, 5.74) is 2.56. The zero-order valence-corrected chi connectivity index (χ0v) is 22.4. The van der Waals surface area contributed by atoms with Gasteiger partial charge in [0, 0.05) is 12.1 Å². The Labute approximate surface area is 226 Å². The van der Waals surface area contributed by atoms with Crippen LogP contribution in [0.2, 0.25) is 0 Å². The van der Waals surface area contributed by atoms with Crippen LogP contribution in [-0.4, -0.2) is 26.7 Å². The Morgan fingerprint density at radius 1 is 1.08 bits per heavy atom. The predicted octanol–water partition coefficient (Wildman–Crippen LogP) is 6.74. The maximum atomic E-state index is 13.1. The number of rotatable bonds is 9. The van der Waals surface area contributed by atoms with Gasteiger partial charge in [0.15, 0.2) is 11.5 Å². The zero-order valence-electron chi connectivity index (χ0n) is 19.2. The lowest BCUT2D eigenvalue weighted by Crippen LogP contribution is -2.27. The van der Waals surface area contributed by atoms with E-state index in [9.17, 15) is 14.9 Å². The smallest absolute Gasteiger partial charge is 0.269 e. The molecule has 184 valence electrons. The second kappa shape index (κ2) is 11.7. The highest BCUT2D eigenvalue weighted by atomic mass is 79.9. The fourth-order valence-electron chi connectivity index (χ4n) is 3.50. The van der Waals surface area contributed by atoms with Gasteiger partial charge in [-0.05, 0) is 69.9 Å². The molecule has 36 heavy (non-hydrogen) atoms. The van der Waals surface area contributed by atoms with Crippen LogP contribution in [0.1, 0.15) is 23.6 Å². The normalized spacial score (nSPS) is 14.4. The molecular formula is C26H21BrN2O5S2. The summed E-state index contributed by atoms with van der Waals surface area (Å²) in [5.74, 6) is 0.880. The number of carbonyl (C=O) groups excluding carboxylic acids is 1. The minimum absolute atomic E-state index is 0.0217. The van der Waals surface area contributed by atoms with Crippen molar-refractivity contribution in [1.82, 2.24) is 4.90 Å². The topological polar surface area (TPSA) is 81.9 Å². The maximum absolute atomic E-state index is 13.1. The summed E-state index contributed by atoms with van der Waals surface area (Å²) in [5, 5.41) is 10.9. The average molecular weight is 586 g/mol. The van der Waals surface area contributed by atoms with Crippen molar-refractivity contribution in [2.75, 3.05) is 6.61 Å². The van der Waals surface area contributed by atoms with E-state index in [-0.39, 0.29) is 18.2 Å². The molecule has 3 aromatic rings. The number of nitro groups is 1. The highest BCUT2D eigenvalue weighted by Crippen LogP contribution is 2.40. The molecule has 0 N–H and O–H groups in total. The molecule has 0 aromatic heterocycles. The SMILES string of the molecule is CCOc1cc(/C=C2\SC(=S)N(Cc3ccccc3)C2=O)cc(Br)c1OCc1ccc([N+](=O)[O-])cc1. The molecule has 1 aliphatic heterocycles. The Morgan fingerprint density at radius 3 is 2.47 bits per heavy atom. The van der Waals surface area contributed by atoms with Gasteiger partial charge in [-0.15, -0.1) is 0 Å². The molecule has 0 unspecified atom stereocenters. The van der Waals surface area contributed by atoms with Gasteiger partial charge in [0.05, 0.1) is 27.5 Å². The van der Waals surface area contributed by atoms with E-state index in [1.54, 1.807) is 23.1 Å². The summed E-state index contributed by atoms with van der Waals surface area (Å²) in [4.78, 5) is 25.6. The van der Waals surface area contributed by atoms with E-state index in [2.05, 4.69) is 15.9 Å². The number of halogens is 1. The molecule has 0 bridgehead atoms. The third-order valence-electron chi connectivity index (χ3n) is 5.22. The standard InChI is InChI=1S/C26H21BrN2O5S2/c1-2-33-22-13-19(12-21(27)24(22)34-16-18-8-10-20(11-9-18)29(31)32)14-23-25(30)28(26(35)36-23)15-17-6-4-3-5-7-17/h3-14H,2,15-16H2,1H3/b23-14-. The molecule has 1 fully saturated rings. The number of carbonyl (C=O) groups is 1. The number of hydrogen-bond acceptors (Lipinski definition) is 7. The van der Waals surface area contributed by atoms with Crippen LogP contribution in [0.4, 0.5) is 5.69 Å². The molecule has 3 aromatic carbocycles. The predicted molar refractivity (Wildman–Crippen MR) is 148 cm³/mol. The van der Waals surface area contributed by atoms with Crippen molar-refractivity contribution in [2.45, 2.75) is 20.1 Å². The fraction of sp³-hybridized carbons (Fsp3) is 0.154. The number of ether oxygens (including phenoxy) is 2. The van der Waals surface area contributed by atoms with E-state index in [4.69, 9.17) is 21.7 Å². The van der Waals surface area contributed by atoms with E-state index in [0.717, 1.165) is 16.7 Å². The molecule has 1 saturated heterocycles. The third kappa shape index (κ3) is 6.13. The molecule has 0 radical (unpaired) electrons. The first-order valence-corrected chi connectivity index (χ1v) is 13.0. The van der Waals surface area contributed by atoms with Gasteiger partial charge in [-0.2, -0.15) is 0 Å². The van der Waals surface area contributed by atoms with Crippen molar-refractivity contribution >= 4 is 61.9 Å². The fourth-order valence-corrected chi connectivity index (χ4v) is 5.33. The Balaban J connectivity index is 1.53. The first-order valence-electron chi connectivity index (χ1n) is 11.0. The van der Waals surface area contributed by atoms with Crippen molar-refractivity contribution in [3.63, 3.8) is 0 Å². The molecule has 7 nitrogen and oxygen atoms in total. The van der Waals surface area contributed by atoms with E-state index >= 15 is 0 Å². The Kier molecular flexibility index (Phi) is 8.40. The molecule has 1 heterocycles. The van der Waals surface area contributed by atoms with Crippen LogP contribution in [0.25, 0.3) is 6.08 Å². The van der Waals surface area contributed by atoms with Crippen LogP contribution in [0.5, 0.6) is 11.5 Å². The van der Waals surface area contributed by atoms with Gasteiger partial charge >= 0.3 is 0 Å². The average Bonchev–Trinajstić information content (AvgIpc) is 3.12. The zero-order chi connectivity index (χ0) is 25.7. The van der Waals surface area contributed by atoms with Gasteiger partial charge in [-0.3, -0.25) is 19.8 Å². The summed E-state index contributed by atoms with van der Waals surface area (Å²) in [7, 11) is 0. The lowest BCUT2D eigenvalue weighted by atomic mass is 10.1. The third-order valence-corrected chi connectivity index (χ3v) is 7.18. The second-order valence-electron chi connectivity index (χ2n) is 7.73. The van der Waals surface area contributed by atoms with Gasteiger partial charge in [-0.1, -0.05) is 54.3 Å². The molecule has 1 amide bonds. The van der Waals surface area contributed by atoms with Crippen LogP contribution in [0.15, 0.2) is 76.1 Å². The largest absolute Gasteiger partial charge is 0.490 e. The number of nitro benzene ring substituents is 1. The number of benzene rings is 3. The van der Waals surface area contributed by atoms with E-state index in [1.807, 2.05) is 49.4 Å². The van der Waals surface area contributed by atoms with Crippen LogP contribution in [0, 0.1) is 10.1 Å². The highest BCUT2D eigenvalue weighted by Gasteiger charge is 2.32. The molecular weight excluding hydrogens is 564 g/mol. The van der Waals surface area contributed by atoms with E-state index in [0.29, 0.717) is 38.3 Å². The van der Waals surface area contributed by atoms with Crippen LogP contribution in [-0.2, 0) is 17.9 Å². The van der Waals surface area contributed by atoms with Gasteiger partial charge in [0.2, 0.25) is 0 Å². The van der Waals surface area contributed by atoms with Gasteiger partial charge in [0.1, 0.15) is 10.9 Å². The second-order valence-corrected chi connectivity index (χ2v) is 10.3. The lowest BCUT2D eigenvalue weighted by Gasteiger charge is -2.15. The van der Waals surface area contributed by atoms with Gasteiger partial charge < -0.3 is 9.47 Å². The van der Waals surface area contributed by atoms with Crippen molar-refractivity contribution < 1.29 is 19.2 Å². The van der Waals surface area contributed by atoms with Crippen molar-refractivity contribution in [3.8, 4) is 11.5 Å². The van der Waals surface area contributed by atoms with Crippen LogP contribution >= 0.6 is 39.9 Å². The summed E-state index contributed by atoms with van der Waals surface area (Å²) < 4.78 is 13.0. The number of amides is 1. The van der Waals surface area contributed by atoms with Crippen LogP contribution in [0.3, 0.4) is 0 Å². The highest BCUT2D eigenvalue weighted by molar-refractivity contribution is 9.10. The van der Waals surface area contributed by atoms with Crippen LogP contribution < -0.4 is 9.47 Å². The number of hydrogen-bond donors (Lipinski definition) is 0. The van der Waals surface area contributed by atoms with Crippen molar-refractivity contribution in [2.24, 2.45) is 0 Å². The first-order chi connectivity index (χ1) is 17.4. The number of nitrogens with zero attached hydrogens (tertiary/aromatic N) is 2. The number of thioether (sulfide) groups is 1. The van der Waals surface area contributed by atoms with Crippen molar-refractivity contribution in [1.29, 1.82) is 0 Å². The Hall–Kier alpha value is -3.21. The molecule has 0 aliphatic carbocycles. The van der Waals surface area contributed by atoms with Crippen molar-refractivity contribution in [3.05, 3.63) is 103 Å². The molecule has 4 rings (SSSR count). The first kappa shape index (κ1) is 25.9. The molecule has 0 atom stereocenters. The quantitative estimate of drug-likeness (QED) is 0.119. The Bertz CT molecular complexity index is 1330. The number of non-ortho nitro benzene ring substituents is 1. The van der Waals surface area contributed by atoms with E-state index < -0.39 is 4.92 Å². The molecule has 0 saturated carbocycles.